The smallest absolute Gasteiger partial charge is 0.312 e. The van der Waals surface area contributed by atoms with Crippen LogP contribution in [0.5, 0.6) is 0 Å². The van der Waals surface area contributed by atoms with E-state index in [0.29, 0.717) is 19.3 Å². The van der Waals surface area contributed by atoms with Gasteiger partial charge in [0.25, 0.3) is 0 Å². The van der Waals surface area contributed by atoms with Crippen LogP contribution in [0.2, 0.25) is 0 Å². The van der Waals surface area contributed by atoms with E-state index in [1.54, 1.807) is 6.92 Å². The largest absolute Gasteiger partial charge is 0.481 e. The van der Waals surface area contributed by atoms with E-state index < -0.39 is 40.4 Å². The molecule has 6 nitrogen and oxygen atoms in total. The van der Waals surface area contributed by atoms with Gasteiger partial charge in [0.2, 0.25) is 0 Å². The van der Waals surface area contributed by atoms with Gasteiger partial charge in [0, 0.05) is 5.92 Å². The molecule has 11 atom stereocenters. The van der Waals surface area contributed by atoms with Gasteiger partial charge >= 0.3 is 11.9 Å². The minimum atomic E-state index is -1.16. The average Bonchev–Trinajstić information content (AvgIpc) is 2.79. The lowest BCUT2D eigenvalue weighted by atomic mass is 9.33. The van der Waals surface area contributed by atoms with Crippen molar-refractivity contribution < 1.29 is 30.0 Å². The average molecular weight is 503 g/mol. The van der Waals surface area contributed by atoms with Gasteiger partial charge in [0.1, 0.15) is 0 Å². The van der Waals surface area contributed by atoms with E-state index in [-0.39, 0.29) is 34.0 Å². The second-order valence-electron chi connectivity index (χ2n) is 14.5. The fourth-order valence-corrected chi connectivity index (χ4v) is 10.8. The summed E-state index contributed by atoms with van der Waals surface area (Å²) in [5, 5.41) is 43.5. The van der Waals surface area contributed by atoms with Crippen molar-refractivity contribution in [2.45, 2.75) is 111 Å². The van der Waals surface area contributed by atoms with Gasteiger partial charge < -0.3 is 20.4 Å². The van der Waals surface area contributed by atoms with Crippen molar-refractivity contribution in [3.63, 3.8) is 0 Å². The molecule has 0 aliphatic heterocycles. The first kappa shape index (κ1) is 26.2. The molecule has 6 heteroatoms. The fourth-order valence-electron chi connectivity index (χ4n) is 10.8. The van der Waals surface area contributed by atoms with Crippen molar-refractivity contribution in [1.29, 1.82) is 0 Å². The highest BCUT2D eigenvalue weighted by Crippen LogP contribution is 2.76. The van der Waals surface area contributed by atoms with E-state index in [1.165, 1.54) is 0 Å². The number of aliphatic hydroxyl groups is 2. The van der Waals surface area contributed by atoms with Crippen LogP contribution in [0, 0.1) is 50.7 Å². The Hall–Kier alpha value is -1.40. The third-order valence-corrected chi connectivity index (χ3v) is 13.6. The summed E-state index contributed by atoms with van der Waals surface area (Å²) in [5.74, 6) is -1.93. The summed E-state index contributed by atoms with van der Waals surface area (Å²) in [5.41, 5.74) is -2.66. The summed E-state index contributed by atoms with van der Waals surface area (Å²) in [7, 11) is 0. The zero-order valence-electron chi connectivity index (χ0n) is 22.9. The van der Waals surface area contributed by atoms with Crippen LogP contribution in [0.25, 0.3) is 0 Å². The molecule has 5 aliphatic carbocycles. The van der Waals surface area contributed by atoms with Gasteiger partial charge in [-0.05, 0) is 106 Å². The van der Waals surface area contributed by atoms with Crippen molar-refractivity contribution in [3.05, 3.63) is 11.6 Å². The summed E-state index contributed by atoms with van der Waals surface area (Å²) >= 11 is 0. The Labute approximate surface area is 215 Å². The van der Waals surface area contributed by atoms with Crippen molar-refractivity contribution in [2.24, 2.45) is 50.7 Å². The number of aliphatic hydroxyl groups excluding tert-OH is 1. The third-order valence-electron chi connectivity index (χ3n) is 13.6. The number of carboxylic acids is 2. The normalized spacial score (nSPS) is 56.3. The number of aliphatic carboxylic acids is 2. The lowest BCUT2D eigenvalue weighted by Crippen LogP contribution is -2.68. The number of carboxylic acid groups (broad SMARTS) is 2. The highest BCUT2D eigenvalue weighted by molar-refractivity contribution is 5.77. The van der Waals surface area contributed by atoms with E-state index in [4.69, 9.17) is 0 Å². The van der Waals surface area contributed by atoms with Crippen LogP contribution in [0.3, 0.4) is 0 Å². The Bertz CT molecular complexity index is 1020. The molecule has 202 valence electrons. The summed E-state index contributed by atoms with van der Waals surface area (Å²) < 4.78 is 0. The molecule has 5 aliphatic rings. The zero-order valence-corrected chi connectivity index (χ0v) is 22.9. The maximum atomic E-state index is 12.8. The minimum Gasteiger partial charge on any atom is -0.481 e. The molecule has 0 saturated heterocycles. The molecule has 0 radical (unpaired) electrons. The zero-order chi connectivity index (χ0) is 26.7. The Morgan fingerprint density at radius 3 is 2.14 bits per heavy atom. The van der Waals surface area contributed by atoms with Crippen molar-refractivity contribution in [1.82, 2.24) is 0 Å². The molecule has 0 aromatic heterocycles. The quantitative estimate of drug-likeness (QED) is 0.383. The van der Waals surface area contributed by atoms with E-state index in [0.717, 1.165) is 44.1 Å². The number of carbonyl (C=O) groups is 2. The lowest BCUT2D eigenvalue weighted by molar-refractivity contribution is -0.224. The summed E-state index contributed by atoms with van der Waals surface area (Å²) in [6.07, 6.45) is 7.77. The molecule has 4 saturated carbocycles. The van der Waals surface area contributed by atoms with Gasteiger partial charge in [-0.15, -0.1) is 0 Å². The Morgan fingerprint density at radius 2 is 1.53 bits per heavy atom. The maximum Gasteiger partial charge on any atom is 0.312 e. The van der Waals surface area contributed by atoms with Crippen molar-refractivity contribution in [3.8, 4) is 0 Å². The van der Waals surface area contributed by atoms with E-state index >= 15 is 0 Å². The SMILES string of the molecule is C[C@@H]1CC[C@]2(C(=O)O)CC[C@]3(C)C(=CC[C@H]4[C@@]5(C)CC[C@H](O)[C@](C)(C(=O)O)[C@@H]5CC[C@]43C)[C@@H]2[C@]1(C)O. The first-order valence-corrected chi connectivity index (χ1v) is 14.1. The highest BCUT2D eigenvalue weighted by atomic mass is 16.4. The summed E-state index contributed by atoms with van der Waals surface area (Å²) in [6.45, 7) is 12.6. The van der Waals surface area contributed by atoms with Crippen molar-refractivity contribution >= 4 is 11.9 Å². The van der Waals surface area contributed by atoms with Crippen LogP contribution in [-0.2, 0) is 9.59 Å². The summed E-state index contributed by atoms with van der Waals surface area (Å²) in [6, 6.07) is 0. The Morgan fingerprint density at radius 1 is 0.861 bits per heavy atom. The Balaban J connectivity index is 1.64. The molecule has 5 rings (SSSR count). The van der Waals surface area contributed by atoms with Crippen LogP contribution < -0.4 is 0 Å². The molecule has 4 fully saturated rings. The first-order valence-electron chi connectivity index (χ1n) is 14.1. The highest BCUT2D eigenvalue weighted by Gasteiger charge is 2.72. The lowest BCUT2D eigenvalue weighted by Gasteiger charge is -2.71. The molecule has 0 bridgehead atoms. The van der Waals surface area contributed by atoms with Crippen LogP contribution in [-0.4, -0.2) is 44.1 Å². The molecule has 0 amide bonds. The monoisotopic (exact) mass is 502 g/mol. The number of fused-ring (bicyclic) bond motifs is 7. The molecular formula is C30H46O6. The molecule has 0 spiro atoms. The second-order valence-corrected chi connectivity index (χ2v) is 14.5. The second kappa shape index (κ2) is 7.59. The first-order chi connectivity index (χ1) is 16.5. The van der Waals surface area contributed by atoms with Crippen LogP contribution >= 0.6 is 0 Å². The van der Waals surface area contributed by atoms with Crippen LogP contribution in [0.15, 0.2) is 11.6 Å². The molecule has 0 aromatic rings. The topological polar surface area (TPSA) is 115 Å². The van der Waals surface area contributed by atoms with E-state index in [1.807, 2.05) is 6.92 Å². The maximum absolute atomic E-state index is 12.8. The molecule has 0 unspecified atom stereocenters. The molecule has 0 aromatic carbocycles. The van der Waals surface area contributed by atoms with E-state index in [9.17, 15) is 30.0 Å². The number of rotatable bonds is 2. The van der Waals surface area contributed by atoms with E-state index in [2.05, 4.69) is 33.8 Å². The Kier molecular flexibility index (Phi) is 5.53. The van der Waals surface area contributed by atoms with Gasteiger partial charge in [-0.2, -0.15) is 0 Å². The summed E-state index contributed by atoms with van der Waals surface area (Å²) in [4.78, 5) is 25.4. The van der Waals surface area contributed by atoms with Gasteiger partial charge in [0.05, 0.1) is 22.5 Å². The standard InChI is InChI=1S/C30H46O6/c1-17-9-14-30(24(34)35)16-15-26(3)18(22(30)29(17,6)36)7-8-19-25(2)12-11-21(31)28(5,23(32)33)20(25)10-13-27(19,26)4/h7,17,19-22,31,36H,8-16H2,1-6H3,(H,32,33)(H,34,35)/t17-,19+,20-,21+,22-,25-,26-,27-,28-,29-,30+/m1/s1. The van der Waals surface area contributed by atoms with Crippen molar-refractivity contribution in [2.75, 3.05) is 0 Å². The molecular weight excluding hydrogens is 456 g/mol. The number of hydrogen-bond acceptors (Lipinski definition) is 4. The van der Waals surface area contributed by atoms with Gasteiger partial charge in [0.15, 0.2) is 0 Å². The minimum absolute atomic E-state index is 0.0214. The molecule has 4 N–H and O–H groups in total. The molecule has 0 heterocycles. The fraction of sp³-hybridized carbons (Fsp3) is 0.867. The van der Waals surface area contributed by atoms with Gasteiger partial charge in [-0.25, -0.2) is 0 Å². The van der Waals surface area contributed by atoms with Gasteiger partial charge in [-0.1, -0.05) is 39.3 Å². The van der Waals surface area contributed by atoms with Gasteiger partial charge in [-0.3, -0.25) is 9.59 Å². The molecule has 36 heavy (non-hydrogen) atoms. The predicted molar refractivity (Wildman–Crippen MR) is 136 cm³/mol. The number of hydrogen-bond donors (Lipinski definition) is 4. The third kappa shape index (κ3) is 2.81. The van der Waals surface area contributed by atoms with Crippen LogP contribution in [0.4, 0.5) is 0 Å². The van der Waals surface area contributed by atoms with Crippen LogP contribution in [0.1, 0.15) is 99.3 Å². The number of allylic oxidation sites excluding steroid dienone is 1. The predicted octanol–water partition coefficient (Wildman–Crippen LogP) is 5.27.